The van der Waals surface area contributed by atoms with Gasteiger partial charge in [0.1, 0.15) is 10.7 Å². The average Bonchev–Trinajstić information content (AvgIpc) is 3.18. The topological polar surface area (TPSA) is 54.3 Å². The average molecular weight is 528 g/mol. The molecule has 0 radical (unpaired) electrons. The van der Waals surface area contributed by atoms with Crippen molar-refractivity contribution in [2.24, 2.45) is 23.2 Å². The van der Waals surface area contributed by atoms with Crippen molar-refractivity contribution in [3.05, 3.63) is 44.8 Å². The molecule has 1 aromatic heterocycles. The van der Waals surface area contributed by atoms with Crippen LogP contribution in [0.15, 0.2) is 33.6 Å². The third-order valence-electron chi connectivity index (χ3n) is 6.96. The number of pyridine rings is 1. The Bertz CT molecular complexity index is 966. The molecule has 10 heteroatoms. The van der Waals surface area contributed by atoms with E-state index in [2.05, 4.69) is 5.32 Å². The van der Waals surface area contributed by atoms with Crippen LogP contribution in [-0.4, -0.2) is 38.4 Å². The molecule has 31 heavy (non-hydrogen) atoms. The predicted octanol–water partition coefficient (Wildman–Crippen LogP) is 4.67. The van der Waals surface area contributed by atoms with Gasteiger partial charge in [-0.25, -0.2) is 0 Å². The molecule has 0 spiro atoms. The number of nitrogens with one attached hydrogen (secondary N) is 1. The first-order valence-electron chi connectivity index (χ1n) is 10.2. The van der Waals surface area contributed by atoms with Gasteiger partial charge in [0.15, 0.2) is 0 Å². The van der Waals surface area contributed by atoms with Crippen molar-refractivity contribution in [2.45, 2.75) is 42.7 Å². The second kappa shape index (κ2) is 8.41. The van der Waals surface area contributed by atoms with Crippen LogP contribution in [0.2, 0.25) is 0 Å². The lowest BCUT2D eigenvalue weighted by Gasteiger charge is -2.47. The third-order valence-corrected chi connectivity index (χ3v) is 7.83. The maximum atomic E-state index is 13.1. The number of hydrogen-bond donors (Lipinski definition) is 1. The number of carbonyl (C=O) groups is 1. The molecular weight excluding hydrogens is 504 g/mol. The number of aromatic nitrogens is 1. The third kappa shape index (κ3) is 4.64. The zero-order chi connectivity index (χ0) is 22.7. The Kier molecular flexibility index (Phi) is 6.44. The number of piperidine rings is 1. The van der Waals surface area contributed by atoms with E-state index in [1.165, 1.54) is 0 Å². The van der Waals surface area contributed by atoms with Gasteiger partial charge >= 0.3 is 0 Å². The molecule has 3 aliphatic rings. The summed E-state index contributed by atoms with van der Waals surface area (Å²) in [7, 11) is 0. The summed E-state index contributed by atoms with van der Waals surface area (Å²) in [5, 5.41) is 2.98. The standard InChI is InChI=1S/C21H24Cl5N3O2/c1-20(2)13(7-15(22)23)17(20)18(31)27-19(21(24,25)26)28-8-11-6-12(10-28)14-4-3-5-16(30)29(14)9-11/h3-5,7,11-13,17,19H,6,8-10H2,1-2H3,(H,27,31)/t11-,12+,13+,17+,19+/m0/s1. The van der Waals surface area contributed by atoms with Crippen LogP contribution < -0.4 is 10.9 Å². The number of carbonyl (C=O) groups excluding carboxylic acids is 1. The molecule has 2 bridgehead atoms. The van der Waals surface area contributed by atoms with Gasteiger partial charge in [0.25, 0.3) is 5.56 Å². The van der Waals surface area contributed by atoms with E-state index in [1.807, 2.05) is 29.4 Å². The van der Waals surface area contributed by atoms with E-state index in [0.717, 1.165) is 12.1 Å². The van der Waals surface area contributed by atoms with E-state index in [0.29, 0.717) is 19.6 Å². The highest BCUT2D eigenvalue weighted by Gasteiger charge is 2.61. The predicted molar refractivity (Wildman–Crippen MR) is 126 cm³/mol. The van der Waals surface area contributed by atoms with E-state index < -0.39 is 9.96 Å². The molecule has 2 fully saturated rings. The van der Waals surface area contributed by atoms with Crippen molar-refractivity contribution in [1.82, 2.24) is 14.8 Å². The van der Waals surface area contributed by atoms with Gasteiger partial charge in [-0.15, -0.1) is 0 Å². The molecule has 3 heterocycles. The first-order valence-corrected chi connectivity index (χ1v) is 12.1. The van der Waals surface area contributed by atoms with Crippen molar-refractivity contribution >= 4 is 63.9 Å². The number of hydrogen-bond acceptors (Lipinski definition) is 3. The lowest BCUT2D eigenvalue weighted by molar-refractivity contribution is -0.125. The van der Waals surface area contributed by atoms with E-state index >= 15 is 0 Å². The fourth-order valence-corrected chi connectivity index (χ4v) is 6.22. The van der Waals surface area contributed by atoms with Gasteiger partial charge in [-0.05, 0) is 35.8 Å². The van der Waals surface area contributed by atoms with Gasteiger partial charge in [0, 0.05) is 37.3 Å². The Morgan fingerprint density at radius 1 is 1.23 bits per heavy atom. The smallest absolute Gasteiger partial charge is 0.250 e. The van der Waals surface area contributed by atoms with Gasteiger partial charge < -0.3 is 9.88 Å². The second-order valence-corrected chi connectivity index (χ2v) is 12.8. The first-order chi connectivity index (χ1) is 14.4. The number of rotatable bonds is 4. The molecule has 0 unspecified atom stereocenters. The summed E-state index contributed by atoms with van der Waals surface area (Å²) >= 11 is 30.7. The number of halogens is 5. The molecule has 5 nitrogen and oxygen atoms in total. The number of fused-ring (bicyclic) bond motifs is 4. The van der Waals surface area contributed by atoms with Crippen LogP contribution in [0.25, 0.3) is 0 Å². The molecule has 0 aromatic carbocycles. The van der Waals surface area contributed by atoms with Crippen LogP contribution in [0.1, 0.15) is 31.9 Å². The highest BCUT2D eigenvalue weighted by atomic mass is 35.6. The van der Waals surface area contributed by atoms with Crippen molar-refractivity contribution in [3.63, 3.8) is 0 Å². The Morgan fingerprint density at radius 2 is 1.94 bits per heavy atom. The Labute approximate surface area is 206 Å². The minimum Gasteiger partial charge on any atom is -0.336 e. The van der Waals surface area contributed by atoms with Gasteiger partial charge in [0.05, 0.1) is 5.92 Å². The van der Waals surface area contributed by atoms with Gasteiger partial charge in [-0.3, -0.25) is 14.5 Å². The maximum absolute atomic E-state index is 13.1. The molecule has 1 aromatic rings. The molecule has 5 atom stereocenters. The summed E-state index contributed by atoms with van der Waals surface area (Å²) in [6.07, 6.45) is 1.87. The van der Waals surface area contributed by atoms with Gasteiger partial charge in [0.2, 0.25) is 9.70 Å². The van der Waals surface area contributed by atoms with Crippen LogP contribution in [-0.2, 0) is 11.3 Å². The van der Waals surface area contributed by atoms with Crippen LogP contribution in [0.4, 0.5) is 0 Å². The van der Waals surface area contributed by atoms with E-state index in [4.69, 9.17) is 58.0 Å². The van der Waals surface area contributed by atoms with Crippen LogP contribution >= 0.6 is 58.0 Å². The summed E-state index contributed by atoms with van der Waals surface area (Å²) in [4.78, 5) is 27.4. The number of alkyl halides is 3. The highest BCUT2D eigenvalue weighted by Crippen LogP contribution is 2.60. The Hall–Kier alpha value is -0.430. The largest absolute Gasteiger partial charge is 0.336 e. The Balaban J connectivity index is 1.54. The highest BCUT2D eigenvalue weighted by molar-refractivity contribution is 6.68. The molecule has 170 valence electrons. The van der Waals surface area contributed by atoms with Crippen molar-refractivity contribution in [2.75, 3.05) is 13.1 Å². The molecule has 2 aliphatic heterocycles. The quantitative estimate of drug-likeness (QED) is 0.579. The molecular formula is C21H24Cl5N3O2. The van der Waals surface area contributed by atoms with E-state index in [1.54, 1.807) is 18.2 Å². The minimum atomic E-state index is -1.72. The summed E-state index contributed by atoms with van der Waals surface area (Å²) in [6, 6.07) is 5.35. The SMILES string of the molecule is CC1(C)[C@H](C=C(Cl)Cl)[C@@H]1C(=O)N[C@H](N1C[C@@H]2C[C@H](C1)c1cccc(=O)n1C2)C(Cl)(Cl)Cl. The zero-order valence-corrected chi connectivity index (χ0v) is 20.9. The van der Waals surface area contributed by atoms with Crippen molar-refractivity contribution in [3.8, 4) is 0 Å². The van der Waals surface area contributed by atoms with Crippen LogP contribution in [0, 0.1) is 23.2 Å². The molecule has 1 saturated heterocycles. The van der Waals surface area contributed by atoms with E-state index in [-0.39, 0.29) is 45.0 Å². The fraction of sp³-hybridized carbons (Fsp3) is 0.619. The van der Waals surface area contributed by atoms with Gasteiger partial charge in [-0.1, -0.05) is 77.9 Å². The van der Waals surface area contributed by atoms with Crippen LogP contribution in [0.5, 0.6) is 0 Å². The monoisotopic (exact) mass is 525 g/mol. The molecule has 1 amide bonds. The summed E-state index contributed by atoms with van der Waals surface area (Å²) < 4.78 is 0.272. The summed E-state index contributed by atoms with van der Waals surface area (Å²) in [5.74, 6) is -0.201. The van der Waals surface area contributed by atoms with E-state index in [9.17, 15) is 9.59 Å². The summed E-state index contributed by atoms with van der Waals surface area (Å²) in [5.41, 5.74) is 0.725. The lowest BCUT2D eigenvalue weighted by atomic mass is 9.83. The van der Waals surface area contributed by atoms with Crippen molar-refractivity contribution < 1.29 is 4.79 Å². The second-order valence-electron chi connectivity index (χ2n) is 9.39. The first kappa shape index (κ1) is 23.7. The molecule has 1 aliphatic carbocycles. The molecule has 1 N–H and O–H groups in total. The molecule has 4 rings (SSSR count). The maximum Gasteiger partial charge on any atom is 0.250 e. The summed E-state index contributed by atoms with van der Waals surface area (Å²) in [6.45, 7) is 5.81. The number of allylic oxidation sites excluding steroid dienone is 1. The lowest BCUT2D eigenvalue weighted by Crippen LogP contribution is -2.60. The van der Waals surface area contributed by atoms with Gasteiger partial charge in [-0.2, -0.15) is 0 Å². The normalized spacial score (nSPS) is 30.2. The number of amides is 1. The van der Waals surface area contributed by atoms with Crippen molar-refractivity contribution in [1.29, 1.82) is 0 Å². The fourth-order valence-electron chi connectivity index (χ4n) is 5.37. The minimum absolute atomic E-state index is 0.0138. The molecule has 1 saturated carbocycles. The van der Waals surface area contributed by atoms with Crippen LogP contribution in [0.3, 0.4) is 0 Å². The number of nitrogens with zero attached hydrogens (tertiary/aromatic N) is 2. The number of likely N-dealkylation sites (tertiary alicyclic amines) is 1. The Morgan fingerprint density at radius 3 is 2.58 bits per heavy atom. The zero-order valence-electron chi connectivity index (χ0n) is 17.1.